The summed E-state index contributed by atoms with van der Waals surface area (Å²) in [6.45, 7) is 5.57. The van der Waals surface area contributed by atoms with Crippen molar-refractivity contribution in [3.05, 3.63) is 72.6 Å². The second kappa shape index (κ2) is 9.06. The number of nitrogens with zero attached hydrogens (tertiary/aromatic N) is 1. The van der Waals surface area contributed by atoms with Crippen LogP contribution < -0.4 is 0 Å². The Kier molecular flexibility index (Phi) is 6.76. The average molecular weight is 307 g/mol. The van der Waals surface area contributed by atoms with Crippen LogP contribution in [-0.4, -0.2) is 16.2 Å². The molecule has 0 radical (unpaired) electrons. The Labute approximate surface area is 139 Å². The minimum absolute atomic E-state index is 0.200. The lowest BCUT2D eigenvalue weighted by molar-refractivity contribution is 0.182. The maximum atomic E-state index is 9.22. The molecule has 0 saturated carbocycles. The van der Waals surface area contributed by atoms with Crippen LogP contribution in [0.2, 0.25) is 0 Å². The van der Waals surface area contributed by atoms with Gasteiger partial charge in [0.05, 0.1) is 6.10 Å². The van der Waals surface area contributed by atoms with Gasteiger partial charge in [-0.15, -0.1) is 6.58 Å². The van der Waals surface area contributed by atoms with E-state index in [2.05, 4.69) is 54.0 Å². The highest BCUT2D eigenvalue weighted by Crippen LogP contribution is 2.20. The normalized spacial score (nSPS) is 12.4. The molecule has 1 atom stereocenters. The summed E-state index contributed by atoms with van der Waals surface area (Å²) in [6.07, 6.45) is 11.6. The van der Waals surface area contributed by atoms with Gasteiger partial charge >= 0.3 is 0 Å². The van der Waals surface area contributed by atoms with Gasteiger partial charge in [-0.05, 0) is 43.4 Å². The summed E-state index contributed by atoms with van der Waals surface area (Å²) >= 11 is 0. The molecule has 23 heavy (non-hydrogen) atoms. The van der Waals surface area contributed by atoms with Crippen molar-refractivity contribution in [2.24, 2.45) is 0 Å². The fourth-order valence-electron chi connectivity index (χ4n) is 2.40. The predicted molar refractivity (Wildman–Crippen MR) is 98.1 cm³/mol. The average Bonchev–Trinajstić information content (AvgIpc) is 2.56. The van der Waals surface area contributed by atoms with E-state index in [0.717, 1.165) is 36.9 Å². The van der Waals surface area contributed by atoms with Gasteiger partial charge in [-0.3, -0.25) is 4.98 Å². The quantitative estimate of drug-likeness (QED) is 0.547. The van der Waals surface area contributed by atoms with Crippen molar-refractivity contribution in [2.45, 2.75) is 38.7 Å². The minimum Gasteiger partial charge on any atom is -0.393 e. The second-order valence-corrected chi connectivity index (χ2v) is 5.84. The Hall–Kier alpha value is -2.19. The molecule has 0 aliphatic heterocycles. The smallest absolute Gasteiger partial charge is 0.0512 e. The Morgan fingerprint density at radius 3 is 2.48 bits per heavy atom. The number of pyridine rings is 1. The van der Waals surface area contributed by atoms with Crippen LogP contribution in [0.15, 0.2) is 61.3 Å². The van der Waals surface area contributed by atoms with Crippen molar-refractivity contribution in [1.29, 1.82) is 0 Å². The molecule has 0 spiro atoms. The summed E-state index contributed by atoms with van der Waals surface area (Å²) in [6, 6.07) is 12.6. The fraction of sp³-hybridized carbons (Fsp3) is 0.286. The summed E-state index contributed by atoms with van der Waals surface area (Å²) in [5, 5.41) is 9.22. The van der Waals surface area contributed by atoms with Crippen LogP contribution in [0.1, 0.15) is 37.4 Å². The number of aromatic nitrogens is 1. The first kappa shape index (κ1) is 17.2. The number of rotatable bonds is 8. The van der Waals surface area contributed by atoms with Crippen molar-refractivity contribution < 1.29 is 5.11 Å². The van der Waals surface area contributed by atoms with Crippen molar-refractivity contribution >= 4 is 6.08 Å². The van der Waals surface area contributed by atoms with E-state index < -0.39 is 0 Å². The lowest BCUT2D eigenvalue weighted by Gasteiger charge is -2.03. The van der Waals surface area contributed by atoms with E-state index in [-0.39, 0.29) is 6.10 Å². The molecule has 0 amide bonds. The summed E-state index contributed by atoms with van der Waals surface area (Å²) in [7, 11) is 0. The molecule has 0 aliphatic carbocycles. The molecular formula is C21H25NO. The van der Waals surface area contributed by atoms with Crippen molar-refractivity contribution in [2.75, 3.05) is 0 Å². The number of aliphatic hydroxyl groups is 1. The van der Waals surface area contributed by atoms with Gasteiger partial charge in [-0.25, -0.2) is 0 Å². The fourth-order valence-corrected chi connectivity index (χ4v) is 2.40. The highest BCUT2D eigenvalue weighted by molar-refractivity contribution is 5.65. The largest absolute Gasteiger partial charge is 0.393 e. The first-order valence-corrected chi connectivity index (χ1v) is 8.20. The lowest BCUT2D eigenvalue weighted by atomic mass is 10.0. The molecular weight excluding hydrogens is 282 g/mol. The molecule has 1 heterocycles. The summed E-state index contributed by atoms with van der Waals surface area (Å²) in [5.41, 5.74) is 4.54. The van der Waals surface area contributed by atoms with Crippen LogP contribution in [-0.2, 0) is 6.42 Å². The summed E-state index contributed by atoms with van der Waals surface area (Å²) in [4.78, 5) is 4.45. The van der Waals surface area contributed by atoms with Crippen LogP contribution in [0.5, 0.6) is 0 Å². The van der Waals surface area contributed by atoms with E-state index in [4.69, 9.17) is 0 Å². The van der Waals surface area contributed by atoms with Gasteiger partial charge in [0.25, 0.3) is 0 Å². The molecule has 2 nitrogen and oxygen atoms in total. The van der Waals surface area contributed by atoms with E-state index in [0.29, 0.717) is 0 Å². The maximum Gasteiger partial charge on any atom is 0.0512 e. The third-order valence-corrected chi connectivity index (χ3v) is 3.73. The highest BCUT2D eigenvalue weighted by Gasteiger charge is 1.99. The third kappa shape index (κ3) is 5.84. The van der Waals surface area contributed by atoms with Crippen molar-refractivity contribution in [3.63, 3.8) is 0 Å². The molecule has 2 aromatic rings. The van der Waals surface area contributed by atoms with Gasteiger partial charge in [0.15, 0.2) is 0 Å². The Balaban J connectivity index is 1.93. The van der Waals surface area contributed by atoms with Crippen LogP contribution >= 0.6 is 0 Å². The number of unbranched alkanes of at least 4 members (excludes halogenated alkanes) is 1. The number of hydrogen-bond donors (Lipinski definition) is 1. The van der Waals surface area contributed by atoms with Gasteiger partial charge in [0.1, 0.15) is 0 Å². The van der Waals surface area contributed by atoms with Crippen LogP contribution in [0.3, 0.4) is 0 Å². The summed E-state index contributed by atoms with van der Waals surface area (Å²) < 4.78 is 0. The number of benzene rings is 1. The zero-order chi connectivity index (χ0) is 16.5. The van der Waals surface area contributed by atoms with Crippen LogP contribution in [0.4, 0.5) is 0 Å². The molecule has 0 saturated heterocycles. The molecule has 1 aromatic carbocycles. The zero-order valence-electron chi connectivity index (χ0n) is 13.8. The highest BCUT2D eigenvalue weighted by atomic mass is 16.3. The van der Waals surface area contributed by atoms with E-state index in [1.54, 1.807) is 0 Å². The molecule has 1 unspecified atom stereocenters. The lowest BCUT2D eigenvalue weighted by Crippen LogP contribution is -1.97. The van der Waals surface area contributed by atoms with E-state index >= 15 is 0 Å². The number of aliphatic hydroxyl groups excluding tert-OH is 1. The van der Waals surface area contributed by atoms with Gasteiger partial charge in [-0.2, -0.15) is 0 Å². The molecule has 2 heteroatoms. The molecule has 0 fully saturated rings. The summed E-state index contributed by atoms with van der Waals surface area (Å²) in [5.74, 6) is 0. The maximum absolute atomic E-state index is 9.22. The van der Waals surface area contributed by atoms with E-state index in [1.807, 2.05) is 25.3 Å². The Morgan fingerprint density at radius 2 is 1.87 bits per heavy atom. The molecule has 0 bridgehead atoms. The van der Waals surface area contributed by atoms with E-state index in [9.17, 15) is 5.11 Å². The number of hydrogen-bond acceptors (Lipinski definition) is 2. The first-order chi connectivity index (χ1) is 11.2. The van der Waals surface area contributed by atoms with Crippen molar-refractivity contribution in [1.82, 2.24) is 4.98 Å². The zero-order valence-corrected chi connectivity index (χ0v) is 13.8. The standard InChI is InChI=1S/C21H25NO/c1-3-7-21-15-14-20(16-22-21)19-12-10-18(11-13-19)9-6-4-5-8-17(2)23/h3,6,9-17,23H,1,4-5,7-8H2,2H3. The monoisotopic (exact) mass is 307 g/mol. The first-order valence-electron chi connectivity index (χ1n) is 8.20. The SMILES string of the molecule is C=CCc1ccc(-c2ccc(C=CCCCC(C)O)cc2)cn1. The topological polar surface area (TPSA) is 33.1 Å². The second-order valence-electron chi connectivity index (χ2n) is 5.84. The molecule has 120 valence electrons. The van der Waals surface area contributed by atoms with Crippen molar-refractivity contribution in [3.8, 4) is 11.1 Å². The minimum atomic E-state index is -0.200. The van der Waals surface area contributed by atoms with Gasteiger partial charge in [-0.1, -0.05) is 48.6 Å². The molecule has 2 rings (SSSR count). The molecule has 1 N–H and O–H groups in total. The predicted octanol–water partition coefficient (Wildman–Crippen LogP) is 5.04. The van der Waals surface area contributed by atoms with Crippen LogP contribution in [0, 0.1) is 0 Å². The van der Waals surface area contributed by atoms with Gasteiger partial charge in [0, 0.05) is 23.9 Å². The van der Waals surface area contributed by atoms with Crippen LogP contribution in [0.25, 0.3) is 17.2 Å². The molecule has 0 aliphatic rings. The van der Waals surface area contributed by atoms with Gasteiger partial charge < -0.3 is 5.11 Å². The third-order valence-electron chi connectivity index (χ3n) is 3.73. The number of allylic oxidation sites excluding steroid dienone is 2. The Bertz CT molecular complexity index is 624. The Morgan fingerprint density at radius 1 is 1.13 bits per heavy atom. The van der Waals surface area contributed by atoms with Gasteiger partial charge in [0.2, 0.25) is 0 Å². The molecule has 1 aromatic heterocycles. The van der Waals surface area contributed by atoms with E-state index in [1.165, 1.54) is 11.1 Å².